The summed E-state index contributed by atoms with van der Waals surface area (Å²) in [5.74, 6) is 2.85. The lowest BCUT2D eigenvalue weighted by Gasteiger charge is -2.24. The topological polar surface area (TPSA) is 80.9 Å². The molecule has 5 rings (SSSR count). The van der Waals surface area contributed by atoms with Gasteiger partial charge >= 0.3 is 0 Å². The summed E-state index contributed by atoms with van der Waals surface area (Å²) < 4.78 is 14.0. The van der Waals surface area contributed by atoms with Crippen LogP contribution in [0.25, 0.3) is 16.9 Å². The van der Waals surface area contributed by atoms with Crippen LogP contribution in [-0.4, -0.2) is 50.3 Å². The highest BCUT2D eigenvalue weighted by atomic mass is 16.8. The van der Waals surface area contributed by atoms with Gasteiger partial charge in [0.15, 0.2) is 11.4 Å². The van der Waals surface area contributed by atoms with Gasteiger partial charge in [-0.2, -0.15) is 9.61 Å². The van der Waals surface area contributed by atoms with Crippen molar-refractivity contribution in [3.05, 3.63) is 48.2 Å². The van der Waals surface area contributed by atoms with Gasteiger partial charge in [0, 0.05) is 35.9 Å². The van der Waals surface area contributed by atoms with Gasteiger partial charge in [-0.05, 0) is 38.5 Å². The van der Waals surface area contributed by atoms with Crippen LogP contribution in [0.15, 0.2) is 42.6 Å². The smallest absolute Gasteiger partial charge is 0.163 e. The third kappa shape index (κ3) is 3.23. The van der Waals surface area contributed by atoms with Crippen molar-refractivity contribution in [3.63, 3.8) is 0 Å². The fourth-order valence-corrected chi connectivity index (χ4v) is 4.51. The van der Waals surface area contributed by atoms with Gasteiger partial charge in [-0.3, -0.25) is 0 Å². The number of anilines is 1. The van der Waals surface area contributed by atoms with Crippen LogP contribution in [-0.2, 0) is 9.47 Å². The van der Waals surface area contributed by atoms with Crippen LogP contribution in [0.1, 0.15) is 25.8 Å². The number of rotatable bonds is 4. The second-order valence-corrected chi connectivity index (χ2v) is 8.35. The summed E-state index contributed by atoms with van der Waals surface area (Å²) in [6, 6.07) is 11.6. The van der Waals surface area contributed by atoms with E-state index in [1.54, 1.807) is 10.7 Å². The molecule has 154 valence electrons. The third-order valence-corrected chi connectivity index (χ3v) is 5.83. The minimum Gasteiger partial charge on any atom is -0.396 e. The highest BCUT2D eigenvalue weighted by Crippen LogP contribution is 2.42. The molecule has 1 aliphatic heterocycles. The molecule has 30 heavy (non-hydrogen) atoms. The number of terminal acetylenes is 1. The van der Waals surface area contributed by atoms with E-state index in [1.807, 2.05) is 50.2 Å². The highest BCUT2D eigenvalue weighted by molar-refractivity contribution is 5.67. The van der Waals surface area contributed by atoms with Gasteiger partial charge in [0.05, 0.1) is 17.8 Å². The van der Waals surface area contributed by atoms with Crippen LogP contribution in [0.4, 0.5) is 5.82 Å². The maximum atomic E-state index is 9.81. The summed E-state index contributed by atoms with van der Waals surface area (Å²) in [4.78, 5) is 4.45. The number of hydrogen-bond donors (Lipinski definition) is 2. The molecule has 2 fully saturated rings. The van der Waals surface area contributed by atoms with E-state index in [0.717, 1.165) is 34.7 Å². The van der Waals surface area contributed by atoms with Crippen molar-refractivity contribution in [1.82, 2.24) is 14.6 Å². The molecule has 0 spiro atoms. The molecule has 3 unspecified atom stereocenters. The van der Waals surface area contributed by atoms with E-state index in [1.165, 1.54) is 0 Å². The predicted octanol–water partition coefficient (Wildman–Crippen LogP) is 2.69. The number of aliphatic hydroxyl groups excluding tert-OH is 1. The normalized spacial score (nSPS) is 27.1. The Morgan fingerprint density at radius 3 is 2.90 bits per heavy atom. The molecule has 1 saturated carbocycles. The van der Waals surface area contributed by atoms with Crippen molar-refractivity contribution >= 4 is 11.5 Å². The third-order valence-electron chi connectivity index (χ3n) is 5.83. The van der Waals surface area contributed by atoms with Gasteiger partial charge < -0.3 is 19.9 Å². The molecular weight excluding hydrogens is 380 g/mol. The molecule has 3 heterocycles. The summed E-state index contributed by atoms with van der Waals surface area (Å²) in [7, 11) is 0. The zero-order valence-electron chi connectivity index (χ0n) is 16.9. The minimum absolute atomic E-state index is 0.00283. The summed E-state index contributed by atoms with van der Waals surface area (Å²) in [6.45, 7) is 3.89. The molecule has 2 aromatic heterocycles. The maximum Gasteiger partial charge on any atom is 0.163 e. The molecule has 1 saturated heterocycles. The Morgan fingerprint density at radius 2 is 2.10 bits per heavy atom. The molecule has 3 aromatic rings. The second kappa shape index (κ2) is 7.10. The zero-order chi connectivity index (χ0) is 20.9. The van der Waals surface area contributed by atoms with E-state index < -0.39 is 5.79 Å². The van der Waals surface area contributed by atoms with E-state index >= 15 is 0 Å². The van der Waals surface area contributed by atoms with Crippen molar-refractivity contribution < 1.29 is 14.6 Å². The largest absolute Gasteiger partial charge is 0.396 e. The van der Waals surface area contributed by atoms with Crippen molar-refractivity contribution in [2.75, 3.05) is 11.9 Å². The molecule has 7 heteroatoms. The van der Waals surface area contributed by atoms with E-state index in [9.17, 15) is 5.11 Å². The number of ether oxygens (including phenoxy) is 2. The maximum absolute atomic E-state index is 9.81. The summed E-state index contributed by atoms with van der Waals surface area (Å²) >= 11 is 0. The first-order valence-electron chi connectivity index (χ1n) is 10.1. The number of aromatic nitrogens is 3. The predicted molar refractivity (Wildman–Crippen MR) is 113 cm³/mol. The van der Waals surface area contributed by atoms with Crippen LogP contribution in [0.2, 0.25) is 0 Å². The van der Waals surface area contributed by atoms with E-state index in [-0.39, 0.29) is 30.8 Å². The summed E-state index contributed by atoms with van der Waals surface area (Å²) in [5.41, 5.74) is 3.28. The molecule has 0 bridgehead atoms. The first-order chi connectivity index (χ1) is 14.5. The molecule has 2 N–H and O–H groups in total. The van der Waals surface area contributed by atoms with Crippen LogP contribution < -0.4 is 5.32 Å². The minimum atomic E-state index is -0.655. The Balaban J connectivity index is 1.47. The number of fused-ring (bicyclic) bond motifs is 2. The first-order valence-corrected chi connectivity index (χ1v) is 10.1. The first kappa shape index (κ1) is 19.1. The van der Waals surface area contributed by atoms with Crippen LogP contribution in [0.3, 0.4) is 0 Å². The van der Waals surface area contributed by atoms with Crippen molar-refractivity contribution in [1.29, 1.82) is 0 Å². The Kier molecular flexibility index (Phi) is 4.51. The Bertz CT molecular complexity index is 1130. The Labute approximate surface area is 175 Å². The Hall–Kier alpha value is -2.92. The lowest BCUT2D eigenvalue weighted by molar-refractivity contribution is -0.158. The molecule has 7 nitrogen and oxygen atoms in total. The SMILES string of the molecule is C#Cc1cccc(-c2cc3nccc(NC4CC(CO)C5OC(C)(C)O[C@@H]45)n3n2)c1. The fourth-order valence-electron chi connectivity index (χ4n) is 4.51. The zero-order valence-corrected chi connectivity index (χ0v) is 16.9. The van der Waals surface area contributed by atoms with Gasteiger partial charge in [0.2, 0.25) is 0 Å². The van der Waals surface area contributed by atoms with Gasteiger partial charge in [-0.25, -0.2) is 4.98 Å². The molecule has 1 aliphatic carbocycles. The summed E-state index contributed by atoms with van der Waals surface area (Å²) in [5, 5.41) is 18.1. The van der Waals surface area contributed by atoms with E-state index in [4.69, 9.17) is 21.0 Å². The number of benzene rings is 1. The molecule has 0 radical (unpaired) electrons. The summed E-state index contributed by atoms with van der Waals surface area (Å²) in [6.07, 6.45) is 7.78. The number of nitrogens with one attached hydrogen (secondary N) is 1. The highest BCUT2D eigenvalue weighted by Gasteiger charge is 2.53. The molecule has 4 atom stereocenters. The number of aliphatic hydroxyl groups is 1. The monoisotopic (exact) mass is 404 g/mol. The fraction of sp³-hybridized carbons (Fsp3) is 0.391. The molecule has 1 aromatic carbocycles. The number of hydrogen-bond acceptors (Lipinski definition) is 6. The van der Waals surface area contributed by atoms with Crippen molar-refractivity contribution in [2.24, 2.45) is 5.92 Å². The lowest BCUT2D eigenvalue weighted by Crippen LogP contribution is -2.35. The van der Waals surface area contributed by atoms with Gasteiger partial charge in [-0.15, -0.1) is 6.42 Å². The van der Waals surface area contributed by atoms with Gasteiger partial charge in [0.1, 0.15) is 11.9 Å². The molecule has 0 amide bonds. The quantitative estimate of drug-likeness (QED) is 0.651. The van der Waals surface area contributed by atoms with Crippen LogP contribution in [0.5, 0.6) is 0 Å². The van der Waals surface area contributed by atoms with E-state index in [0.29, 0.717) is 0 Å². The van der Waals surface area contributed by atoms with Crippen LogP contribution in [0, 0.1) is 18.3 Å². The van der Waals surface area contributed by atoms with Crippen molar-refractivity contribution in [2.45, 2.75) is 44.3 Å². The standard InChI is InChI=1S/C23H24N4O3/c1-4-14-6-5-7-15(10-14)17-12-20-24-9-8-19(27(20)26-17)25-18-11-16(13-28)21-22(18)30-23(2,3)29-21/h1,5-10,12,16,18,21-22,25,28H,11,13H2,2-3H3/t16?,18?,21?,22-/m0/s1. The average Bonchev–Trinajstić information content (AvgIpc) is 3.40. The van der Waals surface area contributed by atoms with E-state index in [2.05, 4.69) is 16.2 Å². The van der Waals surface area contributed by atoms with Crippen LogP contribution >= 0.6 is 0 Å². The number of nitrogens with zero attached hydrogens (tertiary/aromatic N) is 3. The second-order valence-electron chi connectivity index (χ2n) is 8.35. The lowest BCUT2D eigenvalue weighted by atomic mass is 10.1. The average molecular weight is 404 g/mol. The van der Waals surface area contributed by atoms with Gasteiger partial charge in [-0.1, -0.05) is 18.1 Å². The molecular formula is C23H24N4O3. The van der Waals surface area contributed by atoms with Crippen molar-refractivity contribution in [3.8, 4) is 23.6 Å². The molecule has 2 aliphatic rings. The Morgan fingerprint density at radius 1 is 1.27 bits per heavy atom. The van der Waals surface area contributed by atoms with Gasteiger partial charge in [0.25, 0.3) is 0 Å².